The highest BCUT2D eigenvalue weighted by molar-refractivity contribution is 6.35. The minimum Gasteiger partial charge on any atom is -0.495 e. The minimum absolute atomic E-state index is 0.246. The highest BCUT2D eigenvalue weighted by atomic mass is 16.5. The fourth-order valence-electron chi connectivity index (χ4n) is 3.44. The number of aliphatic hydroxyl groups excluding tert-OH is 1. The molecule has 0 spiro atoms. The van der Waals surface area contributed by atoms with Gasteiger partial charge in [-0.1, -0.05) is 30.0 Å². The number of aliphatic hydroxyl groups is 1. The van der Waals surface area contributed by atoms with Gasteiger partial charge in [-0.2, -0.15) is 0 Å². The quantitative estimate of drug-likeness (QED) is 0.336. The molecule has 0 radical (unpaired) electrons. The summed E-state index contributed by atoms with van der Waals surface area (Å²) in [4.78, 5) is 27.2. The molecule has 1 amide bonds. The van der Waals surface area contributed by atoms with E-state index in [0.717, 1.165) is 0 Å². The van der Waals surface area contributed by atoms with Gasteiger partial charge in [0.05, 0.1) is 36.7 Å². The summed E-state index contributed by atoms with van der Waals surface area (Å²) in [5.74, 6) is 5.72. The van der Waals surface area contributed by atoms with Gasteiger partial charge in [0.15, 0.2) is 0 Å². The van der Waals surface area contributed by atoms with Gasteiger partial charge < -0.3 is 24.9 Å². The van der Waals surface area contributed by atoms with Crippen molar-refractivity contribution in [2.24, 2.45) is 0 Å². The lowest BCUT2D eigenvalue weighted by molar-refractivity contribution is -0.110. The molecule has 1 atom stereocenters. The van der Waals surface area contributed by atoms with Gasteiger partial charge in [0, 0.05) is 17.3 Å². The van der Waals surface area contributed by atoms with Crippen molar-refractivity contribution in [3.8, 4) is 17.6 Å². The lowest BCUT2D eigenvalue weighted by Gasteiger charge is -2.06. The number of carbonyl (C=O) groups excluding carboxylic acids is 2. The topological polar surface area (TPSA) is 101 Å². The third-order valence-corrected chi connectivity index (χ3v) is 5.07. The van der Waals surface area contributed by atoms with Crippen LogP contribution < -0.4 is 10.1 Å². The van der Waals surface area contributed by atoms with Crippen LogP contribution >= 0.6 is 0 Å². The van der Waals surface area contributed by atoms with Crippen LogP contribution in [0.2, 0.25) is 0 Å². The highest BCUT2D eigenvalue weighted by Gasteiger charge is 2.27. The van der Waals surface area contributed by atoms with Crippen LogP contribution in [-0.4, -0.2) is 36.2 Å². The van der Waals surface area contributed by atoms with Crippen molar-refractivity contribution in [3.63, 3.8) is 0 Å². The molecule has 1 aliphatic heterocycles. The Bertz CT molecular complexity index is 1280. The SMILES string of the molecule is COC(=O)c1ccc(C(O)C#Cc2cccc3c2/C(=C/c2[nH]ccc2OC)C(=O)N3)cc1. The Morgan fingerprint density at radius 2 is 1.91 bits per heavy atom. The summed E-state index contributed by atoms with van der Waals surface area (Å²) < 4.78 is 9.99. The first-order valence-corrected chi connectivity index (χ1v) is 9.77. The molecule has 7 heteroatoms. The molecule has 2 heterocycles. The Morgan fingerprint density at radius 1 is 1.12 bits per heavy atom. The zero-order valence-electron chi connectivity index (χ0n) is 17.4. The number of carbonyl (C=O) groups is 2. The van der Waals surface area contributed by atoms with E-state index in [1.165, 1.54) is 7.11 Å². The van der Waals surface area contributed by atoms with E-state index < -0.39 is 12.1 Å². The monoisotopic (exact) mass is 428 g/mol. The number of amides is 1. The Hall–Kier alpha value is -4.28. The van der Waals surface area contributed by atoms with Crippen molar-refractivity contribution >= 4 is 29.2 Å². The van der Waals surface area contributed by atoms with E-state index in [2.05, 4.69) is 26.9 Å². The number of H-pyrrole nitrogens is 1. The van der Waals surface area contributed by atoms with Crippen molar-refractivity contribution < 1.29 is 24.2 Å². The molecule has 1 unspecified atom stereocenters. The van der Waals surface area contributed by atoms with Crippen molar-refractivity contribution in [3.05, 3.63) is 82.7 Å². The molecule has 1 aromatic heterocycles. The summed E-state index contributed by atoms with van der Waals surface area (Å²) in [6, 6.07) is 13.5. The van der Waals surface area contributed by atoms with Gasteiger partial charge in [-0.3, -0.25) is 4.79 Å². The van der Waals surface area contributed by atoms with Crippen LogP contribution in [0.1, 0.15) is 38.8 Å². The molecular weight excluding hydrogens is 408 g/mol. The van der Waals surface area contributed by atoms with Crippen molar-refractivity contribution in [1.82, 2.24) is 4.98 Å². The van der Waals surface area contributed by atoms with E-state index in [1.807, 2.05) is 0 Å². The van der Waals surface area contributed by atoms with Crippen LogP contribution in [0.4, 0.5) is 5.69 Å². The van der Waals surface area contributed by atoms with Gasteiger partial charge in [0.1, 0.15) is 11.9 Å². The summed E-state index contributed by atoms with van der Waals surface area (Å²) in [7, 11) is 2.87. The van der Waals surface area contributed by atoms with Crippen LogP contribution in [0.3, 0.4) is 0 Å². The number of methoxy groups -OCH3 is 2. The third kappa shape index (κ3) is 4.00. The largest absolute Gasteiger partial charge is 0.495 e. The number of nitrogens with one attached hydrogen (secondary N) is 2. The molecule has 0 saturated carbocycles. The number of anilines is 1. The van der Waals surface area contributed by atoms with Crippen LogP contribution in [-0.2, 0) is 9.53 Å². The maximum Gasteiger partial charge on any atom is 0.337 e. The minimum atomic E-state index is -1.07. The second kappa shape index (κ2) is 8.84. The first-order chi connectivity index (χ1) is 15.5. The molecule has 0 saturated heterocycles. The number of esters is 1. The lowest BCUT2D eigenvalue weighted by atomic mass is 9.99. The van der Waals surface area contributed by atoms with Crippen molar-refractivity contribution in [2.45, 2.75) is 6.10 Å². The maximum absolute atomic E-state index is 12.6. The van der Waals surface area contributed by atoms with Gasteiger partial charge in [0.25, 0.3) is 5.91 Å². The Labute approximate surface area is 184 Å². The van der Waals surface area contributed by atoms with Gasteiger partial charge >= 0.3 is 5.97 Å². The number of hydrogen-bond acceptors (Lipinski definition) is 5. The Morgan fingerprint density at radius 3 is 2.62 bits per heavy atom. The summed E-state index contributed by atoms with van der Waals surface area (Å²) >= 11 is 0. The molecule has 32 heavy (non-hydrogen) atoms. The second-order valence-electron chi connectivity index (χ2n) is 6.99. The summed E-state index contributed by atoms with van der Waals surface area (Å²) in [5, 5.41) is 13.3. The molecular formula is C25H20N2O5. The smallest absolute Gasteiger partial charge is 0.337 e. The molecule has 160 valence electrons. The van der Waals surface area contributed by atoms with Crippen LogP contribution in [0.25, 0.3) is 11.6 Å². The van der Waals surface area contributed by atoms with Crippen LogP contribution in [0.15, 0.2) is 54.7 Å². The average molecular weight is 428 g/mol. The summed E-state index contributed by atoms with van der Waals surface area (Å²) in [6.07, 6.45) is 2.37. The first-order valence-electron chi connectivity index (χ1n) is 9.77. The first kappa shape index (κ1) is 21.0. The van der Waals surface area contributed by atoms with Gasteiger partial charge in [-0.05, 0) is 42.0 Å². The molecule has 3 N–H and O–H groups in total. The Kier molecular flexibility index (Phi) is 5.79. The number of benzene rings is 2. The summed E-state index contributed by atoms with van der Waals surface area (Å²) in [5.41, 5.74) is 3.95. The van der Waals surface area contributed by atoms with E-state index in [1.54, 1.807) is 67.9 Å². The lowest BCUT2D eigenvalue weighted by Crippen LogP contribution is -2.03. The van der Waals surface area contributed by atoms with Gasteiger partial charge in [-0.25, -0.2) is 4.79 Å². The maximum atomic E-state index is 12.6. The molecule has 0 aliphatic carbocycles. The fourth-order valence-corrected chi connectivity index (χ4v) is 3.44. The van der Waals surface area contributed by atoms with E-state index in [0.29, 0.717) is 45.0 Å². The number of fused-ring (bicyclic) bond motifs is 1. The number of ether oxygens (including phenoxy) is 2. The number of aromatic amines is 1. The highest BCUT2D eigenvalue weighted by Crippen LogP contribution is 2.36. The van der Waals surface area contributed by atoms with E-state index in [4.69, 9.17) is 4.74 Å². The van der Waals surface area contributed by atoms with Crippen molar-refractivity contribution in [1.29, 1.82) is 0 Å². The van der Waals surface area contributed by atoms with Crippen molar-refractivity contribution in [2.75, 3.05) is 19.5 Å². The van der Waals surface area contributed by atoms with E-state index >= 15 is 0 Å². The molecule has 0 bridgehead atoms. The van der Waals surface area contributed by atoms with Crippen LogP contribution in [0.5, 0.6) is 5.75 Å². The molecule has 7 nitrogen and oxygen atoms in total. The predicted octanol–water partition coefficient (Wildman–Crippen LogP) is 3.39. The zero-order chi connectivity index (χ0) is 22.7. The van der Waals surface area contributed by atoms with E-state index in [9.17, 15) is 14.7 Å². The number of aromatic nitrogens is 1. The predicted molar refractivity (Wildman–Crippen MR) is 120 cm³/mol. The normalized spacial score (nSPS) is 14.2. The zero-order valence-corrected chi connectivity index (χ0v) is 17.4. The third-order valence-electron chi connectivity index (χ3n) is 5.07. The molecule has 2 aromatic carbocycles. The van der Waals surface area contributed by atoms with E-state index in [-0.39, 0.29) is 5.91 Å². The fraction of sp³-hybridized carbons (Fsp3) is 0.120. The number of rotatable bonds is 4. The van der Waals surface area contributed by atoms with Gasteiger partial charge in [-0.15, -0.1) is 0 Å². The molecule has 3 aromatic rings. The van der Waals surface area contributed by atoms with Gasteiger partial charge in [0.2, 0.25) is 0 Å². The molecule has 4 rings (SSSR count). The molecule has 0 fully saturated rings. The standard InChI is InChI=1S/C25H20N2O5/c1-31-22-12-13-26-20(22)14-18-23-16(4-3-5-19(23)27-24(18)29)10-11-21(28)15-6-8-17(9-7-15)25(30)32-2/h3-9,12-14,21,26,28H,1-2H3,(H,27,29)/b18-14-. The second-order valence-corrected chi connectivity index (χ2v) is 6.99. The average Bonchev–Trinajstić information content (AvgIpc) is 3.41. The van der Waals surface area contributed by atoms with Crippen LogP contribution in [0, 0.1) is 11.8 Å². The Balaban J connectivity index is 1.67. The summed E-state index contributed by atoms with van der Waals surface area (Å²) in [6.45, 7) is 0. The number of hydrogen-bond donors (Lipinski definition) is 3. The molecule has 1 aliphatic rings.